The fourth-order valence-corrected chi connectivity index (χ4v) is 2.32. The first-order valence-corrected chi connectivity index (χ1v) is 10.2. The van der Waals surface area contributed by atoms with E-state index in [1.807, 2.05) is 87.5 Å². The van der Waals surface area contributed by atoms with Crippen LogP contribution in [0.3, 0.4) is 0 Å². The Morgan fingerprint density at radius 2 is 1.07 bits per heavy atom. The zero-order valence-corrected chi connectivity index (χ0v) is 18.8. The number of rotatable bonds is 3. The van der Waals surface area contributed by atoms with Gasteiger partial charge in [0.15, 0.2) is 0 Å². The summed E-state index contributed by atoms with van der Waals surface area (Å²) in [6.07, 6.45) is 0.744. The van der Waals surface area contributed by atoms with Gasteiger partial charge in [-0.15, -0.1) is 0 Å². The lowest BCUT2D eigenvalue weighted by atomic mass is 10.0. The van der Waals surface area contributed by atoms with Crippen LogP contribution in [-0.2, 0) is 16.0 Å². The van der Waals surface area contributed by atoms with Crippen LogP contribution in [0.4, 0.5) is 0 Å². The second-order valence-corrected chi connectivity index (χ2v) is 6.42. The fraction of sp³-hybridized carbons (Fsp3) is 0.296. The van der Waals surface area contributed by atoms with Crippen LogP contribution in [0.15, 0.2) is 91.0 Å². The summed E-state index contributed by atoms with van der Waals surface area (Å²) in [5, 5.41) is 0. The molecule has 0 aliphatic carbocycles. The molecule has 0 N–H and O–H groups in total. The van der Waals surface area contributed by atoms with Gasteiger partial charge in [-0.1, -0.05) is 123 Å². The van der Waals surface area contributed by atoms with E-state index >= 15 is 0 Å². The van der Waals surface area contributed by atoms with E-state index in [9.17, 15) is 4.79 Å². The number of aryl methyl sites for hydroxylation is 2. The van der Waals surface area contributed by atoms with Gasteiger partial charge in [0.25, 0.3) is 0 Å². The van der Waals surface area contributed by atoms with Gasteiger partial charge in [0.1, 0.15) is 0 Å². The molecular formula is C27H36O2. The van der Waals surface area contributed by atoms with E-state index in [1.54, 1.807) is 0 Å². The van der Waals surface area contributed by atoms with Gasteiger partial charge in [-0.3, -0.25) is 4.79 Å². The van der Waals surface area contributed by atoms with Gasteiger partial charge in [-0.2, -0.15) is 0 Å². The molecule has 3 rings (SSSR count). The Kier molecular flexibility index (Phi) is 15.5. The zero-order valence-electron chi connectivity index (χ0n) is 18.8. The second-order valence-electron chi connectivity index (χ2n) is 6.42. The van der Waals surface area contributed by atoms with Crippen LogP contribution in [-0.4, -0.2) is 13.1 Å². The molecule has 29 heavy (non-hydrogen) atoms. The van der Waals surface area contributed by atoms with Crippen molar-refractivity contribution in [2.24, 2.45) is 5.92 Å². The van der Waals surface area contributed by atoms with E-state index in [2.05, 4.69) is 42.8 Å². The molecule has 2 nitrogen and oxygen atoms in total. The summed E-state index contributed by atoms with van der Waals surface area (Å²) in [5.74, 6) is -0.212. The van der Waals surface area contributed by atoms with Crippen LogP contribution in [0.2, 0.25) is 0 Å². The highest BCUT2D eigenvalue weighted by Crippen LogP contribution is 2.08. The molecule has 0 bridgehead atoms. The molecule has 0 aliphatic rings. The van der Waals surface area contributed by atoms with Crippen molar-refractivity contribution in [1.29, 1.82) is 0 Å². The van der Waals surface area contributed by atoms with Gasteiger partial charge < -0.3 is 4.74 Å². The molecule has 0 amide bonds. The average molecular weight is 393 g/mol. The van der Waals surface area contributed by atoms with E-state index in [4.69, 9.17) is 0 Å². The van der Waals surface area contributed by atoms with Crippen LogP contribution in [0.5, 0.6) is 0 Å². The molecule has 0 fully saturated rings. The molecule has 156 valence electrons. The molecule has 0 aromatic heterocycles. The monoisotopic (exact) mass is 392 g/mol. The SMILES string of the molecule is CC.COC(=O)C(C)Cc1ccccc1.Cc1ccccc1.Cc1ccccc1. The summed E-state index contributed by atoms with van der Waals surface area (Å²) in [7, 11) is 1.42. The lowest BCUT2D eigenvalue weighted by molar-refractivity contribution is -0.144. The number of esters is 1. The number of methoxy groups -OCH3 is 1. The van der Waals surface area contributed by atoms with Crippen molar-refractivity contribution in [3.63, 3.8) is 0 Å². The van der Waals surface area contributed by atoms with Crippen molar-refractivity contribution < 1.29 is 9.53 Å². The highest BCUT2D eigenvalue weighted by molar-refractivity contribution is 5.72. The van der Waals surface area contributed by atoms with Crippen molar-refractivity contribution in [1.82, 2.24) is 0 Å². The highest BCUT2D eigenvalue weighted by atomic mass is 16.5. The third kappa shape index (κ3) is 13.9. The van der Waals surface area contributed by atoms with Crippen LogP contribution in [0.1, 0.15) is 37.5 Å². The van der Waals surface area contributed by atoms with E-state index in [1.165, 1.54) is 23.8 Å². The topological polar surface area (TPSA) is 26.3 Å². The molecule has 1 unspecified atom stereocenters. The van der Waals surface area contributed by atoms with Gasteiger partial charge >= 0.3 is 5.97 Å². The van der Waals surface area contributed by atoms with E-state index in [-0.39, 0.29) is 11.9 Å². The third-order valence-electron chi connectivity index (χ3n) is 3.87. The Morgan fingerprint density at radius 1 is 0.724 bits per heavy atom. The Morgan fingerprint density at radius 3 is 1.34 bits per heavy atom. The quantitative estimate of drug-likeness (QED) is 0.446. The van der Waals surface area contributed by atoms with Gasteiger partial charge in [0, 0.05) is 0 Å². The molecule has 3 aromatic carbocycles. The minimum absolute atomic E-state index is 0.0626. The number of hydrogen-bond acceptors (Lipinski definition) is 2. The Balaban J connectivity index is 0.000000416. The van der Waals surface area contributed by atoms with E-state index in [0.29, 0.717) is 0 Å². The van der Waals surface area contributed by atoms with Crippen LogP contribution in [0, 0.1) is 19.8 Å². The first-order chi connectivity index (χ1) is 14.0. The molecule has 0 saturated heterocycles. The molecule has 0 spiro atoms. The number of ether oxygens (including phenoxy) is 1. The van der Waals surface area contributed by atoms with Crippen LogP contribution < -0.4 is 0 Å². The number of carbonyl (C=O) groups excluding carboxylic acids is 1. The van der Waals surface area contributed by atoms with Gasteiger partial charge in [-0.25, -0.2) is 0 Å². The van der Waals surface area contributed by atoms with E-state index in [0.717, 1.165) is 6.42 Å². The Labute approximate surface area is 177 Å². The van der Waals surface area contributed by atoms with Gasteiger partial charge in [0.05, 0.1) is 13.0 Å². The van der Waals surface area contributed by atoms with Crippen molar-refractivity contribution in [2.45, 2.75) is 41.0 Å². The fourth-order valence-electron chi connectivity index (χ4n) is 2.32. The summed E-state index contributed by atoms with van der Waals surface area (Å²) in [6.45, 7) is 10.0. The van der Waals surface area contributed by atoms with Gasteiger partial charge in [-0.05, 0) is 25.8 Å². The van der Waals surface area contributed by atoms with Crippen molar-refractivity contribution in [3.05, 3.63) is 108 Å². The number of carbonyl (C=O) groups is 1. The standard InChI is InChI=1S/C11H14O2.2C7H8.C2H6/c1-9(11(12)13-2)8-10-6-4-3-5-7-10;2*1-7-5-3-2-4-6-7;1-2/h3-7,9H,8H2,1-2H3;2*2-6H,1H3;1-2H3. The summed E-state index contributed by atoms with van der Waals surface area (Å²) in [6, 6.07) is 30.5. The molecule has 1 atom stereocenters. The van der Waals surface area contributed by atoms with Crippen LogP contribution in [0.25, 0.3) is 0 Å². The minimum atomic E-state index is -0.149. The smallest absolute Gasteiger partial charge is 0.308 e. The predicted octanol–water partition coefficient (Wildman–Crippen LogP) is 7.05. The molecule has 3 aromatic rings. The average Bonchev–Trinajstić information content (AvgIpc) is 2.77. The number of benzene rings is 3. The molecule has 0 heterocycles. The Bertz CT molecular complexity index is 700. The van der Waals surface area contributed by atoms with Gasteiger partial charge in [0.2, 0.25) is 0 Å². The molecule has 2 heteroatoms. The maximum absolute atomic E-state index is 11.1. The van der Waals surface area contributed by atoms with Crippen molar-refractivity contribution in [2.75, 3.05) is 7.11 Å². The van der Waals surface area contributed by atoms with Crippen LogP contribution >= 0.6 is 0 Å². The maximum Gasteiger partial charge on any atom is 0.308 e. The molecule has 0 radical (unpaired) electrons. The third-order valence-corrected chi connectivity index (χ3v) is 3.87. The summed E-state index contributed by atoms with van der Waals surface area (Å²) in [4.78, 5) is 11.1. The normalized spacial score (nSPS) is 9.86. The first-order valence-electron chi connectivity index (χ1n) is 10.2. The minimum Gasteiger partial charge on any atom is -0.469 e. The molecular weight excluding hydrogens is 356 g/mol. The van der Waals surface area contributed by atoms with Crippen molar-refractivity contribution >= 4 is 5.97 Å². The molecule has 0 aliphatic heterocycles. The molecule has 0 saturated carbocycles. The zero-order chi connectivity index (χ0) is 21.9. The highest BCUT2D eigenvalue weighted by Gasteiger charge is 2.12. The second kappa shape index (κ2) is 17.2. The number of hydrogen-bond donors (Lipinski definition) is 0. The maximum atomic E-state index is 11.1. The van der Waals surface area contributed by atoms with Crippen molar-refractivity contribution in [3.8, 4) is 0 Å². The predicted molar refractivity (Wildman–Crippen MR) is 125 cm³/mol. The lowest BCUT2D eigenvalue weighted by Crippen LogP contribution is -2.14. The largest absolute Gasteiger partial charge is 0.469 e. The Hall–Kier alpha value is -2.87. The lowest BCUT2D eigenvalue weighted by Gasteiger charge is -2.08. The summed E-state index contributed by atoms with van der Waals surface area (Å²) < 4.78 is 4.65. The summed E-state index contributed by atoms with van der Waals surface area (Å²) in [5.41, 5.74) is 3.81. The summed E-state index contributed by atoms with van der Waals surface area (Å²) >= 11 is 0. The van der Waals surface area contributed by atoms with E-state index < -0.39 is 0 Å². The first kappa shape index (κ1) is 26.1.